The first-order valence-corrected chi connectivity index (χ1v) is 6.47. The molecule has 0 aliphatic heterocycles. The summed E-state index contributed by atoms with van der Waals surface area (Å²) in [4.78, 5) is 0. The Kier molecular flexibility index (Phi) is 3.42. The maximum Gasteiger partial charge on any atom is 0.130 e. The van der Waals surface area contributed by atoms with Gasteiger partial charge in [-0.05, 0) is 42.0 Å². The van der Waals surface area contributed by atoms with Gasteiger partial charge < -0.3 is 14.8 Å². The molecule has 3 nitrogen and oxygen atoms in total. The maximum absolute atomic E-state index is 9.35. The molecule has 0 aliphatic rings. The van der Waals surface area contributed by atoms with Crippen molar-refractivity contribution < 1.29 is 9.52 Å². The van der Waals surface area contributed by atoms with E-state index >= 15 is 0 Å². The second-order valence-corrected chi connectivity index (χ2v) is 4.55. The van der Waals surface area contributed by atoms with Gasteiger partial charge in [0, 0.05) is 5.69 Å². The van der Waals surface area contributed by atoms with Gasteiger partial charge in [0.2, 0.25) is 0 Å². The Morgan fingerprint density at radius 3 is 2.25 bits per heavy atom. The fraction of sp³-hybridized carbons (Fsp3) is 0.0588. The molecular formula is C17H15NO2. The number of nitrogens with one attached hydrogen (secondary N) is 1. The van der Waals surface area contributed by atoms with Crippen molar-refractivity contribution in [3.8, 4) is 5.75 Å². The Labute approximate surface area is 117 Å². The summed E-state index contributed by atoms with van der Waals surface area (Å²) in [6.45, 7) is 0. The zero-order valence-electron chi connectivity index (χ0n) is 10.9. The summed E-state index contributed by atoms with van der Waals surface area (Å²) in [5, 5.41) is 12.8. The van der Waals surface area contributed by atoms with Gasteiger partial charge in [-0.1, -0.05) is 30.3 Å². The Bertz CT molecular complexity index is 645. The van der Waals surface area contributed by atoms with Gasteiger partial charge in [0.1, 0.15) is 17.6 Å². The van der Waals surface area contributed by atoms with Crippen LogP contribution in [0.3, 0.4) is 0 Å². The van der Waals surface area contributed by atoms with E-state index in [4.69, 9.17) is 4.42 Å². The van der Waals surface area contributed by atoms with Crippen LogP contribution in [0.5, 0.6) is 5.75 Å². The quantitative estimate of drug-likeness (QED) is 0.695. The molecule has 2 N–H and O–H groups in total. The van der Waals surface area contributed by atoms with Gasteiger partial charge in [-0.15, -0.1) is 0 Å². The third-order valence-corrected chi connectivity index (χ3v) is 3.14. The topological polar surface area (TPSA) is 45.4 Å². The molecule has 0 aliphatic carbocycles. The van der Waals surface area contributed by atoms with E-state index in [9.17, 15) is 5.11 Å². The van der Waals surface area contributed by atoms with Crippen LogP contribution in [0.1, 0.15) is 17.4 Å². The second-order valence-electron chi connectivity index (χ2n) is 4.55. The molecule has 1 atom stereocenters. The lowest BCUT2D eigenvalue weighted by atomic mass is 10.0. The largest absolute Gasteiger partial charge is 0.508 e. The molecule has 20 heavy (non-hydrogen) atoms. The average molecular weight is 265 g/mol. The van der Waals surface area contributed by atoms with Crippen molar-refractivity contribution in [2.45, 2.75) is 6.04 Å². The third kappa shape index (κ3) is 2.67. The summed E-state index contributed by atoms with van der Waals surface area (Å²) >= 11 is 0. The number of anilines is 1. The fourth-order valence-electron chi connectivity index (χ4n) is 2.14. The number of benzene rings is 2. The normalized spacial score (nSPS) is 12.0. The zero-order valence-corrected chi connectivity index (χ0v) is 10.9. The predicted octanol–water partition coefficient (Wildman–Crippen LogP) is 4.19. The van der Waals surface area contributed by atoms with Crippen molar-refractivity contribution in [1.29, 1.82) is 0 Å². The van der Waals surface area contributed by atoms with Crippen LogP contribution >= 0.6 is 0 Å². The lowest BCUT2D eigenvalue weighted by Gasteiger charge is -2.18. The zero-order chi connectivity index (χ0) is 13.8. The minimum atomic E-state index is -0.0595. The summed E-state index contributed by atoms with van der Waals surface area (Å²) in [6, 6.07) is 20.9. The van der Waals surface area contributed by atoms with Crippen LogP contribution in [0.2, 0.25) is 0 Å². The standard InChI is InChI=1S/C17H15NO2/c19-15-10-8-14(9-11-15)18-17(16-7-4-12-20-16)13-5-2-1-3-6-13/h1-12,17-19H. The second kappa shape index (κ2) is 5.53. The van der Waals surface area contributed by atoms with E-state index in [1.165, 1.54) is 0 Å². The van der Waals surface area contributed by atoms with Crippen LogP contribution in [-0.2, 0) is 0 Å². The highest BCUT2D eigenvalue weighted by Gasteiger charge is 2.16. The molecule has 100 valence electrons. The summed E-state index contributed by atoms with van der Waals surface area (Å²) in [7, 11) is 0. The lowest BCUT2D eigenvalue weighted by molar-refractivity contribution is 0.475. The van der Waals surface area contributed by atoms with Crippen LogP contribution in [0.4, 0.5) is 5.69 Å². The van der Waals surface area contributed by atoms with Crippen molar-refractivity contribution >= 4 is 5.69 Å². The monoisotopic (exact) mass is 265 g/mol. The number of phenolic OH excluding ortho intramolecular Hbond substituents is 1. The molecule has 2 aromatic carbocycles. The molecule has 1 aromatic heterocycles. The van der Waals surface area contributed by atoms with Crippen LogP contribution in [0.25, 0.3) is 0 Å². The van der Waals surface area contributed by atoms with Crippen LogP contribution in [-0.4, -0.2) is 5.11 Å². The first kappa shape index (κ1) is 12.4. The van der Waals surface area contributed by atoms with Gasteiger partial charge >= 0.3 is 0 Å². The molecule has 1 unspecified atom stereocenters. The predicted molar refractivity (Wildman–Crippen MR) is 78.7 cm³/mol. The summed E-state index contributed by atoms with van der Waals surface area (Å²) in [5.74, 6) is 1.11. The van der Waals surface area contributed by atoms with E-state index in [0.29, 0.717) is 0 Å². The molecule has 1 heterocycles. The van der Waals surface area contributed by atoms with Crippen molar-refractivity contribution in [3.63, 3.8) is 0 Å². The molecule has 3 heteroatoms. The van der Waals surface area contributed by atoms with Gasteiger partial charge in [-0.2, -0.15) is 0 Å². The minimum Gasteiger partial charge on any atom is -0.508 e. The number of phenols is 1. The molecule has 0 radical (unpaired) electrons. The molecule has 3 aromatic rings. The van der Waals surface area contributed by atoms with Crippen LogP contribution in [0.15, 0.2) is 77.4 Å². The maximum atomic E-state index is 9.35. The highest BCUT2D eigenvalue weighted by molar-refractivity contribution is 5.49. The van der Waals surface area contributed by atoms with E-state index in [1.54, 1.807) is 18.4 Å². The number of hydrogen-bond donors (Lipinski definition) is 2. The Morgan fingerprint density at radius 2 is 1.60 bits per heavy atom. The van der Waals surface area contributed by atoms with Gasteiger partial charge in [0.25, 0.3) is 0 Å². The first-order valence-electron chi connectivity index (χ1n) is 6.47. The van der Waals surface area contributed by atoms with E-state index in [-0.39, 0.29) is 11.8 Å². The van der Waals surface area contributed by atoms with Crippen LogP contribution < -0.4 is 5.32 Å². The van der Waals surface area contributed by atoms with Gasteiger partial charge in [0.15, 0.2) is 0 Å². The van der Waals surface area contributed by atoms with Gasteiger partial charge in [0.05, 0.1) is 6.26 Å². The average Bonchev–Trinajstić information content (AvgIpc) is 3.01. The number of hydrogen-bond acceptors (Lipinski definition) is 3. The number of aromatic hydroxyl groups is 1. The minimum absolute atomic E-state index is 0.0595. The van der Waals surface area contributed by atoms with Crippen molar-refractivity contribution in [2.24, 2.45) is 0 Å². The van der Waals surface area contributed by atoms with E-state index < -0.39 is 0 Å². The number of furan rings is 1. The molecular weight excluding hydrogens is 250 g/mol. The number of rotatable bonds is 4. The summed E-state index contributed by atoms with van der Waals surface area (Å²) in [6.07, 6.45) is 1.67. The summed E-state index contributed by atoms with van der Waals surface area (Å²) in [5.41, 5.74) is 2.04. The molecule has 0 amide bonds. The van der Waals surface area contributed by atoms with Crippen LogP contribution in [0, 0.1) is 0 Å². The van der Waals surface area contributed by atoms with Gasteiger partial charge in [-0.3, -0.25) is 0 Å². The molecule has 0 fully saturated rings. The highest BCUT2D eigenvalue weighted by Crippen LogP contribution is 2.27. The van der Waals surface area contributed by atoms with E-state index in [1.807, 2.05) is 42.5 Å². The van der Waals surface area contributed by atoms with Crippen molar-refractivity contribution in [3.05, 3.63) is 84.3 Å². The summed E-state index contributed by atoms with van der Waals surface area (Å²) < 4.78 is 5.53. The molecule has 0 saturated carbocycles. The highest BCUT2D eigenvalue weighted by atomic mass is 16.3. The Morgan fingerprint density at radius 1 is 0.850 bits per heavy atom. The molecule has 3 rings (SSSR count). The SMILES string of the molecule is Oc1ccc(NC(c2ccccc2)c2ccco2)cc1. The first-order chi connectivity index (χ1) is 9.83. The van der Waals surface area contributed by atoms with Crippen molar-refractivity contribution in [2.75, 3.05) is 5.32 Å². The van der Waals surface area contributed by atoms with E-state index in [0.717, 1.165) is 17.0 Å². The smallest absolute Gasteiger partial charge is 0.130 e. The Hall–Kier alpha value is -2.68. The Balaban J connectivity index is 1.92. The third-order valence-electron chi connectivity index (χ3n) is 3.14. The molecule has 0 saturated heterocycles. The van der Waals surface area contributed by atoms with E-state index in [2.05, 4.69) is 17.4 Å². The fourth-order valence-corrected chi connectivity index (χ4v) is 2.14. The van der Waals surface area contributed by atoms with Crippen molar-refractivity contribution in [1.82, 2.24) is 0 Å². The molecule has 0 spiro atoms. The van der Waals surface area contributed by atoms with Gasteiger partial charge in [-0.25, -0.2) is 0 Å². The lowest BCUT2D eigenvalue weighted by Crippen LogP contribution is -2.11. The molecule has 0 bridgehead atoms.